The van der Waals surface area contributed by atoms with Crippen LogP contribution in [-0.2, 0) is 13.1 Å². The molecule has 2 aromatic rings. The van der Waals surface area contributed by atoms with Crippen LogP contribution in [0, 0.1) is 6.92 Å². The number of pyridine rings is 1. The first-order valence-electron chi connectivity index (χ1n) is 6.46. The maximum atomic E-state index is 4.40. The van der Waals surface area contributed by atoms with Gasteiger partial charge in [0, 0.05) is 25.5 Å². The van der Waals surface area contributed by atoms with Gasteiger partial charge in [-0.15, -0.1) is 0 Å². The lowest BCUT2D eigenvalue weighted by Crippen LogP contribution is -2.04. The fourth-order valence-electron chi connectivity index (χ4n) is 1.85. The summed E-state index contributed by atoms with van der Waals surface area (Å²) >= 11 is 0. The number of unbranched alkanes of at least 4 members (excludes halogenated alkanes) is 1. The number of rotatable bonds is 6. The van der Waals surface area contributed by atoms with Gasteiger partial charge in [-0.25, -0.2) is 0 Å². The molecule has 0 aromatic carbocycles. The van der Waals surface area contributed by atoms with Gasteiger partial charge < -0.3 is 5.32 Å². The second-order valence-electron chi connectivity index (χ2n) is 4.44. The van der Waals surface area contributed by atoms with E-state index in [1.54, 1.807) is 6.20 Å². The van der Waals surface area contributed by atoms with Gasteiger partial charge in [-0.3, -0.25) is 9.67 Å². The Hall–Kier alpha value is -1.84. The third kappa shape index (κ3) is 3.09. The summed E-state index contributed by atoms with van der Waals surface area (Å²) in [6, 6.07) is 4.02. The van der Waals surface area contributed by atoms with Crippen molar-refractivity contribution in [2.75, 3.05) is 5.32 Å². The number of anilines is 1. The van der Waals surface area contributed by atoms with Crippen LogP contribution in [0.1, 0.15) is 31.0 Å². The number of hydrogen-bond acceptors (Lipinski definition) is 3. The summed E-state index contributed by atoms with van der Waals surface area (Å²) in [5, 5.41) is 7.81. The molecule has 0 aliphatic heterocycles. The van der Waals surface area contributed by atoms with Gasteiger partial charge in [-0.2, -0.15) is 5.10 Å². The van der Waals surface area contributed by atoms with Crippen molar-refractivity contribution >= 4 is 5.69 Å². The Balaban J connectivity index is 1.95. The zero-order valence-electron chi connectivity index (χ0n) is 11.1. The van der Waals surface area contributed by atoms with Crippen LogP contribution >= 0.6 is 0 Å². The van der Waals surface area contributed by atoms with E-state index in [1.807, 2.05) is 18.5 Å². The van der Waals surface area contributed by atoms with Crippen LogP contribution in [0.15, 0.2) is 30.7 Å². The lowest BCUT2D eigenvalue weighted by Gasteiger charge is -2.07. The molecule has 0 bridgehead atoms. The summed E-state index contributed by atoms with van der Waals surface area (Å²) in [6.45, 7) is 6.08. The molecule has 96 valence electrons. The molecule has 0 amide bonds. The van der Waals surface area contributed by atoms with Crippen LogP contribution < -0.4 is 5.32 Å². The fourth-order valence-corrected chi connectivity index (χ4v) is 1.85. The molecule has 0 spiro atoms. The molecule has 0 aliphatic carbocycles. The van der Waals surface area contributed by atoms with Gasteiger partial charge >= 0.3 is 0 Å². The second-order valence-corrected chi connectivity index (χ2v) is 4.44. The quantitative estimate of drug-likeness (QED) is 0.849. The van der Waals surface area contributed by atoms with Crippen LogP contribution in [0.2, 0.25) is 0 Å². The number of aryl methyl sites for hydroxylation is 1. The van der Waals surface area contributed by atoms with Crippen LogP contribution in [0.4, 0.5) is 5.69 Å². The van der Waals surface area contributed by atoms with Crippen LogP contribution in [0.25, 0.3) is 0 Å². The van der Waals surface area contributed by atoms with Gasteiger partial charge in [-0.1, -0.05) is 19.4 Å². The molecule has 2 heterocycles. The van der Waals surface area contributed by atoms with E-state index in [-0.39, 0.29) is 0 Å². The molecule has 4 nitrogen and oxygen atoms in total. The van der Waals surface area contributed by atoms with E-state index in [0.717, 1.165) is 18.8 Å². The molecule has 0 saturated carbocycles. The van der Waals surface area contributed by atoms with Crippen LogP contribution in [0.5, 0.6) is 0 Å². The molecular weight excluding hydrogens is 224 g/mol. The minimum absolute atomic E-state index is 0.786. The Bertz CT molecular complexity index is 476. The van der Waals surface area contributed by atoms with E-state index >= 15 is 0 Å². The molecule has 1 N–H and O–H groups in total. The molecule has 0 saturated heterocycles. The molecular formula is C14H20N4. The van der Waals surface area contributed by atoms with E-state index in [4.69, 9.17) is 0 Å². The zero-order chi connectivity index (χ0) is 12.8. The van der Waals surface area contributed by atoms with Crippen molar-refractivity contribution in [1.82, 2.24) is 14.8 Å². The van der Waals surface area contributed by atoms with Crippen LogP contribution in [-0.4, -0.2) is 14.8 Å². The Kier molecular flexibility index (Phi) is 4.34. The molecule has 18 heavy (non-hydrogen) atoms. The Morgan fingerprint density at radius 1 is 1.33 bits per heavy atom. The monoisotopic (exact) mass is 244 g/mol. The lowest BCUT2D eigenvalue weighted by atomic mass is 10.3. The Morgan fingerprint density at radius 3 is 2.94 bits per heavy atom. The first kappa shape index (κ1) is 12.6. The fraction of sp³-hybridized carbons (Fsp3) is 0.429. The molecule has 0 aliphatic rings. The highest BCUT2D eigenvalue weighted by Crippen LogP contribution is 2.15. The number of aromatic nitrogens is 3. The second kappa shape index (κ2) is 6.19. The van der Waals surface area contributed by atoms with E-state index in [9.17, 15) is 0 Å². The van der Waals surface area contributed by atoms with Gasteiger partial charge in [0.05, 0.1) is 17.6 Å². The van der Waals surface area contributed by atoms with Crippen molar-refractivity contribution in [1.29, 1.82) is 0 Å². The van der Waals surface area contributed by atoms with Crippen molar-refractivity contribution in [2.45, 2.75) is 39.8 Å². The smallest absolute Gasteiger partial charge is 0.0758 e. The maximum Gasteiger partial charge on any atom is 0.0758 e. The van der Waals surface area contributed by atoms with Crippen LogP contribution in [0.3, 0.4) is 0 Å². The molecule has 2 rings (SSSR count). The summed E-state index contributed by atoms with van der Waals surface area (Å²) < 4.78 is 2.06. The van der Waals surface area contributed by atoms with E-state index in [0.29, 0.717) is 0 Å². The normalized spacial score (nSPS) is 10.6. The number of nitrogens with one attached hydrogen (secondary N) is 1. The highest BCUT2D eigenvalue weighted by Gasteiger charge is 2.05. The van der Waals surface area contributed by atoms with Gasteiger partial charge in [0.15, 0.2) is 0 Å². The lowest BCUT2D eigenvalue weighted by molar-refractivity contribution is 0.559. The molecule has 0 unspecified atom stereocenters. The standard InChI is InChI=1S/C14H20N4/c1-3-4-8-18-12(2)14(11-17-18)16-10-13-6-5-7-15-9-13/h5-7,9,11,16H,3-4,8,10H2,1-2H3. The molecule has 2 aromatic heterocycles. The number of nitrogens with zero attached hydrogens (tertiary/aromatic N) is 3. The SMILES string of the molecule is CCCCn1ncc(NCc2cccnc2)c1C. The molecule has 0 atom stereocenters. The van der Waals surface area contributed by atoms with Crippen molar-refractivity contribution in [3.63, 3.8) is 0 Å². The van der Waals surface area contributed by atoms with E-state index in [1.165, 1.54) is 24.1 Å². The predicted octanol–water partition coefficient (Wildman–Crippen LogP) is 3.00. The summed E-state index contributed by atoms with van der Waals surface area (Å²) in [7, 11) is 0. The molecule has 4 heteroatoms. The summed E-state index contributed by atoms with van der Waals surface area (Å²) in [4.78, 5) is 4.10. The van der Waals surface area contributed by atoms with Crippen molar-refractivity contribution in [3.05, 3.63) is 42.0 Å². The minimum atomic E-state index is 0.786. The van der Waals surface area contributed by atoms with Crippen molar-refractivity contribution in [3.8, 4) is 0 Å². The predicted molar refractivity (Wildman–Crippen MR) is 73.4 cm³/mol. The van der Waals surface area contributed by atoms with Gasteiger partial charge in [0.25, 0.3) is 0 Å². The first-order valence-corrected chi connectivity index (χ1v) is 6.46. The van der Waals surface area contributed by atoms with Gasteiger partial charge in [0.2, 0.25) is 0 Å². The average Bonchev–Trinajstić information content (AvgIpc) is 2.76. The third-order valence-corrected chi connectivity index (χ3v) is 3.03. The Morgan fingerprint density at radius 2 is 2.22 bits per heavy atom. The van der Waals surface area contributed by atoms with Crippen molar-refractivity contribution in [2.24, 2.45) is 0 Å². The molecule has 0 fully saturated rings. The summed E-state index contributed by atoms with van der Waals surface area (Å²) in [6.07, 6.45) is 7.94. The maximum absolute atomic E-state index is 4.40. The zero-order valence-corrected chi connectivity index (χ0v) is 11.1. The minimum Gasteiger partial charge on any atom is -0.378 e. The van der Waals surface area contributed by atoms with Crippen molar-refractivity contribution < 1.29 is 0 Å². The summed E-state index contributed by atoms with van der Waals surface area (Å²) in [5.74, 6) is 0. The first-order chi connectivity index (χ1) is 8.81. The Labute approximate surface area is 108 Å². The topological polar surface area (TPSA) is 42.7 Å². The van der Waals surface area contributed by atoms with Gasteiger partial charge in [-0.05, 0) is 25.0 Å². The highest BCUT2D eigenvalue weighted by atomic mass is 15.3. The molecule has 0 radical (unpaired) electrons. The third-order valence-electron chi connectivity index (χ3n) is 3.03. The highest BCUT2D eigenvalue weighted by molar-refractivity contribution is 5.46. The van der Waals surface area contributed by atoms with Gasteiger partial charge in [0.1, 0.15) is 0 Å². The average molecular weight is 244 g/mol. The number of hydrogen-bond donors (Lipinski definition) is 1. The van der Waals surface area contributed by atoms with E-state index < -0.39 is 0 Å². The largest absolute Gasteiger partial charge is 0.378 e. The van der Waals surface area contributed by atoms with E-state index in [2.05, 4.69) is 40.0 Å². The summed E-state index contributed by atoms with van der Waals surface area (Å²) in [5.41, 5.74) is 3.49.